The number of hydrogen-bond acceptors (Lipinski definition) is 1. The van der Waals surface area contributed by atoms with Gasteiger partial charge in [0, 0.05) is 11.8 Å². The van der Waals surface area contributed by atoms with Crippen LogP contribution in [-0.4, -0.2) is 6.10 Å². The lowest BCUT2D eigenvalue weighted by Crippen LogP contribution is -2.41. The van der Waals surface area contributed by atoms with Crippen LogP contribution in [0.3, 0.4) is 0 Å². The van der Waals surface area contributed by atoms with Crippen LogP contribution in [0.5, 0.6) is 5.75 Å². The van der Waals surface area contributed by atoms with Gasteiger partial charge < -0.3 is 4.74 Å². The van der Waals surface area contributed by atoms with E-state index < -0.39 is 0 Å². The molecule has 4 rings (SSSR count). The second-order valence-electron chi connectivity index (χ2n) is 5.37. The molecule has 1 aromatic carbocycles. The molecule has 0 saturated heterocycles. The zero-order valence-corrected chi connectivity index (χ0v) is 10.2. The van der Waals surface area contributed by atoms with E-state index in [1.165, 1.54) is 5.56 Å². The predicted octanol–water partition coefficient (Wildman–Crippen LogP) is 3.53. The Kier molecular flexibility index (Phi) is 2.19. The third-order valence-corrected chi connectivity index (χ3v) is 4.35. The van der Waals surface area contributed by atoms with Crippen LogP contribution in [0.4, 0.5) is 0 Å². The van der Waals surface area contributed by atoms with Crippen molar-refractivity contribution in [2.45, 2.75) is 12.5 Å². The van der Waals surface area contributed by atoms with E-state index in [-0.39, 0.29) is 6.10 Å². The summed E-state index contributed by atoms with van der Waals surface area (Å²) in [6, 6.07) is 8.44. The minimum Gasteiger partial charge on any atom is -0.486 e. The van der Waals surface area contributed by atoms with Crippen molar-refractivity contribution in [3.63, 3.8) is 0 Å². The molecule has 0 spiro atoms. The Labute approximate surface area is 107 Å². The highest BCUT2D eigenvalue weighted by Crippen LogP contribution is 2.42. The number of ether oxygens (including phenoxy) is 1. The summed E-state index contributed by atoms with van der Waals surface area (Å²) in [5.74, 6) is 2.80. The summed E-state index contributed by atoms with van der Waals surface area (Å²) in [5, 5.41) is 0. The maximum atomic E-state index is 6.14. The first-order valence-electron chi connectivity index (χ1n) is 6.70. The highest BCUT2D eigenvalue weighted by atomic mass is 16.5. The molecule has 0 saturated carbocycles. The van der Waals surface area contributed by atoms with Crippen LogP contribution in [0.15, 0.2) is 60.7 Å². The van der Waals surface area contributed by atoms with Crippen LogP contribution in [0.25, 0.3) is 0 Å². The first-order valence-corrected chi connectivity index (χ1v) is 6.70. The Balaban J connectivity index is 1.73. The van der Waals surface area contributed by atoms with Crippen molar-refractivity contribution in [3.05, 3.63) is 66.3 Å². The molecule has 1 heterocycles. The van der Waals surface area contributed by atoms with E-state index in [0.717, 1.165) is 12.2 Å². The van der Waals surface area contributed by atoms with Gasteiger partial charge in [0.15, 0.2) is 0 Å². The number of hydrogen-bond donors (Lipinski definition) is 0. The third kappa shape index (κ3) is 1.47. The summed E-state index contributed by atoms with van der Waals surface area (Å²) in [6.07, 6.45) is 14.9. The first kappa shape index (κ1) is 10.2. The SMILES string of the molecule is C1=CC2C=C[C@H]3Oc4ccccc4C[C@H]3C2C=C1. The molecule has 1 aliphatic heterocycles. The minimum absolute atomic E-state index is 0.247. The molecule has 2 aliphatic carbocycles. The van der Waals surface area contributed by atoms with Crippen molar-refractivity contribution in [3.8, 4) is 5.75 Å². The molecule has 4 atom stereocenters. The lowest BCUT2D eigenvalue weighted by molar-refractivity contribution is 0.108. The molecule has 0 bridgehead atoms. The van der Waals surface area contributed by atoms with Gasteiger partial charge in [-0.05, 0) is 30.0 Å². The van der Waals surface area contributed by atoms with Crippen LogP contribution in [0, 0.1) is 17.8 Å². The fraction of sp³-hybridized carbons (Fsp3) is 0.294. The summed E-state index contributed by atoms with van der Waals surface area (Å²) in [4.78, 5) is 0. The van der Waals surface area contributed by atoms with E-state index in [0.29, 0.717) is 17.8 Å². The molecular formula is C17H16O. The molecular weight excluding hydrogens is 220 g/mol. The van der Waals surface area contributed by atoms with E-state index in [9.17, 15) is 0 Å². The molecule has 0 radical (unpaired) electrons. The van der Waals surface area contributed by atoms with Crippen molar-refractivity contribution >= 4 is 0 Å². The van der Waals surface area contributed by atoms with Gasteiger partial charge in [-0.15, -0.1) is 0 Å². The number of rotatable bonds is 0. The van der Waals surface area contributed by atoms with Gasteiger partial charge in [0.2, 0.25) is 0 Å². The van der Waals surface area contributed by atoms with Crippen molar-refractivity contribution in [2.75, 3.05) is 0 Å². The van der Waals surface area contributed by atoms with E-state index in [4.69, 9.17) is 4.74 Å². The Hall–Kier alpha value is -1.76. The minimum atomic E-state index is 0.247. The maximum absolute atomic E-state index is 6.14. The number of allylic oxidation sites excluding steroid dienone is 5. The largest absolute Gasteiger partial charge is 0.486 e. The van der Waals surface area contributed by atoms with Gasteiger partial charge in [0.05, 0.1) is 0 Å². The highest BCUT2D eigenvalue weighted by Gasteiger charge is 2.38. The Morgan fingerprint density at radius 1 is 0.944 bits per heavy atom. The second-order valence-corrected chi connectivity index (χ2v) is 5.37. The Morgan fingerprint density at radius 2 is 1.83 bits per heavy atom. The lowest BCUT2D eigenvalue weighted by atomic mass is 9.69. The van der Waals surface area contributed by atoms with Crippen molar-refractivity contribution in [1.29, 1.82) is 0 Å². The smallest absolute Gasteiger partial charge is 0.123 e. The molecule has 1 aromatic rings. The van der Waals surface area contributed by atoms with Gasteiger partial charge in [0.25, 0.3) is 0 Å². The first-order chi connectivity index (χ1) is 8.92. The number of benzene rings is 1. The molecule has 0 aromatic heterocycles. The van der Waals surface area contributed by atoms with E-state index >= 15 is 0 Å². The fourth-order valence-electron chi connectivity index (χ4n) is 3.43. The fourth-order valence-corrected chi connectivity index (χ4v) is 3.43. The molecule has 1 nitrogen and oxygen atoms in total. The average molecular weight is 236 g/mol. The zero-order valence-electron chi connectivity index (χ0n) is 10.2. The Morgan fingerprint density at radius 3 is 2.83 bits per heavy atom. The quantitative estimate of drug-likeness (QED) is 0.626. The predicted molar refractivity (Wildman–Crippen MR) is 72.5 cm³/mol. The molecule has 0 N–H and O–H groups in total. The average Bonchev–Trinajstić information content (AvgIpc) is 2.45. The molecule has 3 aliphatic rings. The summed E-state index contributed by atoms with van der Waals surface area (Å²) in [6.45, 7) is 0. The van der Waals surface area contributed by atoms with Gasteiger partial charge in [-0.3, -0.25) is 0 Å². The third-order valence-electron chi connectivity index (χ3n) is 4.35. The molecule has 90 valence electrons. The van der Waals surface area contributed by atoms with Gasteiger partial charge >= 0.3 is 0 Å². The molecule has 1 heteroatoms. The summed E-state index contributed by atoms with van der Waals surface area (Å²) < 4.78 is 6.14. The summed E-state index contributed by atoms with van der Waals surface area (Å²) in [5.41, 5.74) is 1.36. The van der Waals surface area contributed by atoms with Crippen LogP contribution in [0.2, 0.25) is 0 Å². The standard InChI is InChI=1S/C17H16O/c1-3-7-14-12(5-1)9-10-17-15(14)11-13-6-2-4-8-16(13)18-17/h1-10,12,14-15,17H,11H2/t12?,14?,15-,17+/m0/s1. The molecule has 2 unspecified atom stereocenters. The van der Waals surface area contributed by atoms with Crippen molar-refractivity contribution in [2.24, 2.45) is 17.8 Å². The van der Waals surface area contributed by atoms with Crippen LogP contribution >= 0.6 is 0 Å². The maximum Gasteiger partial charge on any atom is 0.123 e. The van der Waals surface area contributed by atoms with E-state index in [2.05, 4.69) is 60.7 Å². The lowest BCUT2D eigenvalue weighted by Gasteiger charge is -2.41. The van der Waals surface area contributed by atoms with E-state index in [1.807, 2.05) is 0 Å². The zero-order chi connectivity index (χ0) is 11.9. The summed E-state index contributed by atoms with van der Waals surface area (Å²) in [7, 11) is 0. The topological polar surface area (TPSA) is 9.23 Å². The van der Waals surface area contributed by atoms with Gasteiger partial charge in [-0.2, -0.15) is 0 Å². The molecule has 0 amide bonds. The van der Waals surface area contributed by atoms with Crippen molar-refractivity contribution in [1.82, 2.24) is 0 Å². The number of para-hydroxylation sites is 1. The van der Waals surface area contributed by atoms with Crippen LogP contribution < -0.4 is 4.74 Å². The number of fused-ring (bicyclic) bond motifs is 4. The second kappa shape index (κ2) is 3.88. The van der Waals surface area contributed by atoms with Gasteiger partial charge in [-0.1, -0.05) is 48.6 Å². The normalized spacial score (nSPS) is 35.3. The van der Waals surface area contributed by atoms with Gasteiger partial charge in [-0.25, -0.2) is 0 Å². The highest BCUT2D eigenvalue weighted by molar-refractivity contribution is 5.38. The van der Waals surface area contributed by atoms with Crippen LogP contribution in [0.1, 0.15) is 5.56 Å². The Bertz CT molecular complexity index is 552. The van der Waals surface area contributed by atoms with Crippen molar-refractivity contribution < 1.29 is 4.74 Å². The van der Waals surface area contributed by atoms with E-state index in [1.54, 1.807) is 0 Å². The van der Waals surface area contributed by atoms with Gasteiger partial charge in [0.1, 0.15) is 11.9 Å². The summed E-state index contributed by atoms with van der Waals surface area (Å²) >= 11 is 0. The molecule has 0 fully saturated rings. The van der Waals surface area contributed by atoms with Crippen LogP contribution in [-0.2, 0) is 6.42 Å². The monoisotopic (exact) mass is 236 g/mol. The molecule has 18 heavy (non-hydrogen) atoms.